The number of likely N-dealkylation sites (N-methyl/N-ethyl adjacent to an activating group) is 1. The van der Waals surface area contributed by atoms with Gasteiger partial charge < -0.3 is 14.4 Å². The SMILES string of the molecule is CCCCCCCCCC(CCCCCCCCC)C(=O)OCCN(CCOC(=O)C(CCCCCCCCC)CCCCCCCCC)C(=O)C(C)N(C)CCC. The van der Waals surface area contributed by atoms with Crippen LogP contribution >= 0.6 is 0 Å². The molecule has 58 heavy (non-hydrogen) atoms. The number of esters is 2. The molecule has 0 heterocycles. The molecule has 1 atom stereocenters. The second-order valence-corrected chi connectivity index (χ2v) is 17.9. The van der Waals surface area contributed by atoms with E-state index in [9.17, 15) is 14.4 Å². The summed E-state index contributed by atoms with van der Waals surface area (Å²) in [6.45, 7) is 14.9. The summed E-state index contributed by atoms with van der Waals surface area (Å²) in [6.07, 6.45) is 39.1. The Kier molecular flexibility index (Phi) is 40.9. The third kappa shape index (κ3) is 32.2. The minimum absolute atomic E-state index is 0.00607. The largest absolute Gasteiger partial charge is 0.464 e. The molecule has 1 amide bonds. The van der Waals surface area contributed by atoms with Gasteiger partial charge in [0.25, 0.3) is 0 Å². The van der Waals surface area contributed by atoms with E-state index in [1.54, 1.807) is 4.90 Å². The second-order valence-electron chi connectivity index (χ2n) is 17.9. The Morgan fingerprint density at radius 2 is 0.672 bits per heavy atom. The molecule has 0 radical (unpaired) electrons. The summed E-state index contributed by atoms with van der Waals surface area (Å²) in [5, 5.41) is 0. The van der Waals surface area contributed by atoms with E-state index in [2.05, 4.69) is 39.5 Å². The van der Waals surface area contributed by atoms with Gasteiger partial charge in [-0.3, -0.25) is 19.3 Å². The first-order valence-electron chi connectivity index (χ1n) is 25.6. The molecule has 7 nitrogen and oxygen atoms in total. The summed E-state index contributed by atoms with van der Waals surface area (Å²) in [4.78, 5) is 44.8. The first kappa shape index (κ1) is 56.4. The van der Waals surface area contributed by atoms with Gasteiger partial charge in [0.1, 0.15) is 13.2 Å². The summed E-state index contributed by atoms with van der Waals surface area (Å²) < 4.78 is 12.0. The smallest absolute Gasteiger partial charge is 0.308 e. The predicted molar refractivity (Wildman–Crippen MR) is 248 cm³/mol. The highest BCUT2D eigenvalue weighted by Crippen LogP contribution is 2.23. The van der Waals surface area contributed by atoms with Crippen molar-refractivity contribution >= 4 is 17.8 Å². The van der Waals surface area contributed by atoms with Crippen LogP contribution in [0.1, 0.15) is 253 Å². The number of hydrogen-bond acceptors (Lipinski definition) is 6. The molecule has 0 rings (SSSR count). The van der Waals surface area contributed by atoms with Crippen LogP contribution < -0.4 is 0 Å². The van der Waals surface area contributed by atoms with Crippen LogP contribution in [0, 0.1) is 11.8 Å². The molecule has 0 saturated heterocycles. The normalized spacial score (nSPS) is 12.2. The van der Waals surface area contributed by atoms with Crippen LogP contribution in [0.25, 0.3) is 0 Å². The van der Waals surface area contributed by atoms with Crippen LogP contribution in [0.2, 0.25) is 0 Å². The number of unbranched alkanes of at least 4 members (excludes halogenated alkanes) is 24. The number of carbonyl (C=O) groups is 3. The summed E-state index contributed by atoms with van der Waals surface area (Å²) in [5.41, 5.74) is 0. The van der Waals surface area contributed by atoms with Crippen LogP contribution in [0.15, 0.2) is 0 Å². The fraction of sp³-hybridized carbons (Fsp3) is 0.941. The van der Waals surface area contributed by atoms with Gasteiger partial charge in [-0.2, -0.15) is 0 Å². The molecule has 0 aromatic rings. The number of carbonyl (C=O) groups excluding carboxylic acids is 3. The Hall–Kier alpha value is -1.63. The molecule has 0 aliphatic rings. The summed E-state index contributed by atoms with van der Waals surface area (Å²) in [5.74, 6) is -0.365. The molecule has 0 spiro atoms. The van der Waals surface area contributed by atoms with E-state index < -0.39 is 0 Å². The Bertz CT molecular complexity index is 835. The van der Waals surface area contributed by atoms with Crippen molar-refractivity contribution in [2.75, 3.05) is 39.9 Å². The van der Waals surface area contributed by atoms with Gasteiger partial charge in [-0.15, -0.1) is 0 Å². The zero-order chi connectivity index (χ0) is 42.9. The minimum Gasteiger partial charge on any atom is -0.464 e. The van der Waals surface area contributed by atoms with Gasteiger partial charge in [-0.05, 0) is 52.6 Å². The highest BCUT2D eigenvalue weighted by molar-refractivity contribution is 5.81. The number of rotatable bonds is 44. The molecular weight excluding hydrogens is 721 g/mol. The molecule has 0 aromatic heterocycles. The van der Waals surface area contributed by atoms with Crippen molar-refractivity contribution in [3.8, 4) is 0 Å². The molecule has 0 saturated carbocycles. The quantitative estimate of drug-likeness (QED) is 0.0450. The predicted octanol–water partition coefficient (Wildman–Crippen LogP) is 14.4. The van der Waals surface area contributed by atoms with E-state index in [0.717, 1.165) is 64.3 Å². The van der Waals surface area contributed by atoms with E-state index in [1.165, 1.54) is 154 Å². The van der Waals surface area contributed by atoms with Gasteiger partial charge in [0, 0.05) is 0 Å². The van der Waals surface area contributed by atoms with Crippen molar-refractivity contribution in [1.82, 2.24) is 9.80 Å². The first-order chi connectivity index (χ1) is 28.3. The first-order valence-corrected chi connectivity index (χ1v) is 25.6. The molecule has 0 fully saturated rings. The number of amides is 1. The number of ether oxygens (including phenoxy) is 2. The number of hydrogen-bond donors (Lipinski definition) is 0. The van der Waals surface area contributed by atoms with Crippen molar-refractivity contribution < 1.29 is 23.9 Å². The lowest BCUT2D eigenvalue weighted by Crippen LogP contribution is -2.48. The lowest BCUT2D eigenvalue weighted by Gasteiger charge is -2.30. The monoisotopic (exact) mass is 821 g/mol. The number of nitrogens with zero attached hydrogens (tertiary/aromatic N) is 2. The third-order valence-electron chi connectivity index (χ3n) is 12.4. The highest BCUT2D eigenvalue weighted by atomic mass is 16.5. The standard InChI is InChI=1S/C51H100N2O5/c1-8-13-17-21-25-29-33-37-47(38-34-30-26-22-18-14-9-2)50(55)57-44-42-53(49(54)46(6)52(7)41-12-5)43-45-58-51(56)48(39-35-31-27-23-19-15-10-3)40-36-32-28-24-20-16-11-4/h46-48H,8-45H2,1-7H3. The Labute approximate surface area is 361 Å². The van der Waals surface area contributed by atoms with Crippen molar-refractivity contribution in [3.63, 3.8) is 0 Å². The molecule has 0 aliphatic heterocycles. The summed E-state index contributed by atoms with van der Waals surface area (Å²) >= 11 is 0. The van der Waals surface area contributed by atoms with Gasteiger partial charge >= 0.3 is 11.9 Å². The van der Waals surface area contributed by atoms with Gasteiger partial charge in [0.05, 0.1) is 31.0 Å². The molecule has 0 aromatic carbocycles. The average molecular weight is 821 g/mol. The maximum absolute atomic E-state index is 13.9. The topological polar surface area (TPSA) is 76.1 Å². The van der Waals surface area contributed by atoms with E-state index in [-0.39, 0.29) is 48.9 Å². The van der Waals surface area contributed by atoms with Crippen LogP contribution in [0.3, 0.4) is 0 Å². The van der Waals surface area contributed by atoms with Gasteiger partial charge in [-0.1, -0.05) is 214 Å². The Morgan fingerprint density at radius 1 is 0.397 bits per heavy atom. The van der Waals surface area contributed by atoms with Crippen LogP contribution in [-0.2, 0) is 23.9 Å². The minimum atomic E-state index is -0.309. The van der Waals surface area contributed by atoms with Crippen LogP contribution in [-0.4, -0.2) is 73.6 Å². The zero-order valence-corrected chi connectivity index (χ0v) is 40.0. The fourth-order valence-corrected chi connectivity index (χ4v) is 8.23. The summed E-state index contributed by atoms with van der Waals surface area (Å²) in [7, 11) is 1.99. The summed E-state index contributed by atoms with van der Waals surface area (Å²) in [6, 6.07) is -0.309. The maximum atomic E-state index is 13.9. The molecule has 7 heteroatoms. The van der Waals surface area contributed by atoms with Crippen LogP contribution in [0.4, 0.5) is 0 Å². The maximum Gasteiger partial charge on any atom is 0.308 e. The Morgan fingerprint density at radius 3 is 0.948 bits per heavy atom. The fourth-order valence-electron chi connectivity index (χ4n) is 8.23. The van der Waals surface area contributed by atoms with Crippen molar-refractivity contribution in [2.24, 2.45) is 11.8 Å². The molecule has 1 unspecified atom stereocenters. The van der Waals surface area contributed by atoms with Gasteiger partial charge in [0.2, 0.25) is 5.91 Å². The van der Waals surface area contributed by atoms with E-state index in [4.69, 9.17) is 9.47 Å². The van der Waals surface area contributed by atoms with E-state index in [0.29, 0.717) is 13.1 Å². The van der Waals surface area contributed by atoms with E-state index in [1.807, 2.05) is 14.0 Å². The lowest BCUT2D eigenvalue weighted by molar-refractivity contribution is -0.153. The molecule has 0 bridgehead atoms. The second kappa shape index (κ2) is 42.1. The lowest BCUT2D eigenvalue weighted by atomic mass is 9.94. The van der Waals surface area contributed by atoms with Crippen molar-refractivity contribution in [2.45, 2.75) is 259 Å². The van der Waals surface area contributed by atoms with Crippen molar-refractivity contribution in [3.05, 3.63) is 0 Å². The Balaban J connectivity index is 5.43. The zero-order valence-electron chi connectivity index (χ0n) is 40.0. The van der Waals surface area contributed by atoms with Crippen LogP contribution in [0.5, 0.6) is 0 Å². The average Bonchev–Trinajstić information content (AvgIpc) is 3.22. The molecular formula is C51H100N2O5. The molecule has 0 N–H and O–H groups in total. The van der Waals surface area contributed by atoms with Crippen molar-refractivity contribution in [1.29, 1.82) is 0 Å². The van der Waals surface area contributed by atoms with Gasteiger partial charge in [-0.25, -0.2) is 0 Å². The van der Waals surface area contributed by atoms with E-state index >= 15 is 0 Å². The van der Waals surface area contributed by atoms with Gasteiger partial charge in [0.15, 0.2) is 0 Å². The third-order valence-corrected chi connectivity index (χ3v) is 12.4. The molecule has 0 aliphatic carbocycles. The molecule has 344 valence electrons. The highest BCUT2D eigenvalue weighted by Gasteiger charge is 2.26.